The van der Waals surface area contributed by atoms with Crippen LogP contribution in [-0.4, -0.2) is 93.1 Å². The normalized spacial score (nSPS) is 24.2. The molecule has 3 unspecified atom stereocenters. The molecule has 1 aromatic rings. The third-order valence-electron chi connectivity index (χ3n) is 7.43. The summed E-state index contributed by atoms with van der Waals surface area (Å²) >= 11 is 1.25. The number of halogens is 1. The number of amides is 1. The number of nitrogens with zero attached hydrogens (tertiary/aromatic N) is 3. The highest BCUT2D eigenvalue weighted by Crippen LogP contribution is 2.40. The highest BCUT2D eigenvalue weighted by molar-refractivity contribution is 8.14. The molecule has 0 radical (unpaired) electrons. The summed E-state index contributed by atoms with van der Waals surface area (Å²) in [5, 5.41) is 9.17. The first kappa shape index (κ1) is 27.5. The minimum atomic E-state index is -0.958. The average Bonchev–Trinajstić information content (AvgIpc) is 3.70. The van der Waals surface area contributed by atoms with E-state index in [1.807, 2.05) is 11.0 Å². The van der Waals surface area contributed by atoms with Crippen LogP contribution >= 0.6 is 11.8 Å². The summed E-state index contributed by atoms with van der Waals surface area (Å²) in [7, 11) is 0. The molecule has 4 rings (SSSR count). The molecule has 3 aliphatic rings. The fourth-order valence-corrected chi connectivity index (χ4v) is 6.03. The molecule has 1 aliphatic carbocycles. The van der Waals surface area contributed by atoms with E-state index in [4.69, 9.17) is 0 Å². The van der Waals surface area contributed by atoms with Crippen LogP contribution in [-0.2, 0) is 19.2 Å². The largest absolute Gasteiger partial charge is 0.480 e. The van der Waals surface area contributed by atoms with Crippen molar-refractivity contribution in [2.24, 2.45) is 5.92 Å². The first-order valence-corrected chi connectivity index (χ1v) is 13.7. The molecule has 200 valence electrons. The van der Waals surface area contributed by atoms with Gasteiger partial charge >= 0.3 is 5.97 Å². The Bertz CT molecular complexity index is 1090. The maximum absolute atomic E-state index is 14.8. The smallest absolute Gasteiger partial charge is 0.320 e. The number of benzene rings is 1. The average molecular weight is 532 g/mol. The highest BCUT2D eigenvalue weighted by Gasteiger charge is 2.41. The van der Waals surface area contributed by atoms with Gasteiger partial charge in [0, 0.05) is 56.4 Å². The Morgan fingerprint density at radius 2 is 1.84 bits per heavy atom. The lowest BCUT2D eigenvalue weighted by Gasteiger charge is -2.39. The van der Waals surface area contributed by atoms with Crippen LogP contribution in [0.2, 0.25) is 0 Å². The van der Waals surface area contributed by atoms with Crippen molar-refractivity contribution in [1.82, 2.24) is 14.7 Å². The molecule has 1 saturated carbocycles. The quantitative estimate of drug-likeness (QED) is 0.486. The molecule has 1 aromatic carbocycles. The summed E-state index contributed by atoms with van der Waals surface area (Å²) in [6.45, 7) is 5.32. The van der Waals surface area contributed by atoms with E-state index in [1.54, 1.807) is 34.9 Å². The zero-order valence-corrected chi connectivity index (χ0v) is 22.1. The maximum Gasteiger partial charge on any atom is 0.320 e. The zero-order chi connectivity index (χ0) is 26.7. The van der Waals surface area contributed by atoms with Crippen molar-refractivity contribution in [2.75, 3.05) is 39.3 Å². The van der Waals surface area contributed by atoms with Crippen molar-refractivity contribution in [3.8, 4) is 0 Å². The Labute approximate surface area is 220 Å². The van der Waals surface area contributed by atoms with Crippen molar-refractivity contribution in [2.45, 2.75) is 50.4 Å². The van der Waals surface area contributed by atoms with E-state index in [0.29, 0.717) is 44.7 Å². The summed E-state index contributed by atoms with van der Waals surface area (Å²) < 4.78 is 14.8. The number of carboxylic acids is 1. The molecular formula is C27H34FN3O5S. The Balaban J connectivity index is 1.52. The van der Waals surface area contributed by atoms with Crippen LogP contribution in [0.3, 0.4) is 0 Å². The van der Waals surface area contributed by atoms with Crippen LogP contribution in [0.15, 0.2) is 35.9 Å². The summed E-state index contributed by atoms with van der Waals surface area (Å²) in [4.78, 5) is 54.6. The summed E-state index contributed by atoms with van der Waals surface area (Å²) in [5.74, 6) is -1.50. The zero-order valence-electron chi connectivity index (χ0n) is 21.3. The fraction of sp³-hybridized carbons (Fsp3) is 0.556. The van der Waals surface area contributed by atoms with Crippen LogP contribution in [0.1, 0.15) is 44.7 Å². The lowest BCUT2D eigenvalue weighted by Crippen LogP contribution is -2.54. The van der Waals surface area contributed by atoms with E-state index in [0.717, 1.165) is 18.4 Å². The second kappa shape index (κ2) is 11.9. The molecule has 0 bridgehead atoms. The van der Waals surface area contributed by atoms with Gasteiger partial charge in [-0.1, -0.05) is 36.0 Å². The molecular weight excluding hydrogens is 497 g/mol. The molecule has 1 amide bonds. The molecule has 10 heteroatoms. The summed E-state index contributed by atoms with van der Waals surface area (Å²) in [6.07, 6.45) is 4.26. The topological polar surface area (TPSA) is 98.2 Å². The SMILES string of the molecule is CC(=O)SC1CCN(C(C(=O)C2CC2)c2ccccc2F)CC1=CCN1CCN(C(C)C(=O)O)CC1=O. The lowest BCUT2D eigenvalue weighted by molar-refractivity contribution is -0.146. The number of likely N-dealkylation sites (tertiary alicyclic amines) is 1. The molecule has 3 fully saturated rings. The van der Waals surface area contributed by atoms with Gasteiger partial charge < -0.3 is 10.0 Å². The number of hydrogen-bond donors (Lipinski definition) is 1. The van der Waals surface area contributed by atoms with Gasteiger partial charge in [-0.3, -0.25) is 29.0 Å². The lowest BCUT2D eigenvalue weighted by atomic mass is 9.93. The Morgan fingerprint density at radius 1 is 1.11 bits per heavy atom. The number of thioether (sulfide) groups is 1. The summed E-state index contributed by atoms with van der Waals surface area (Å²) in [6, 6.07) is 5.02. The number of carbonyl (C=O) groups is 4. The van der Waals surface area contributed by atoms with Crippen LogP contribution in [0.4, 0.5) is 4.39 Å². The monoisotopic (exact) mass is 531 g/mol. The number of carboxylic acid groups (broad SMARTS) is 1. The number of piperidine rings is 1. The van der Waals surface area contributed by atoms with Gasteiger partial charge in [0.1, 0.15) is 11.9 Å². The number of piperazine rings is 1. The van der Waals surface area contributed by atoms with Crippen molar-refractivity contribution < 1.29 is 28.7 Å². The van der Waals surface area contributed by atoms with Crippen LogP contribution < -0.4 is 0 Å². The van der Waals surface area contributed by atoms with E-state index in [9.17, 15) is 28.7 Å². The third kappa shape index (κ3) is 6.66. The Morgan fingerprint density at radius 3 is 2.46 bits per heavy atom. The van der Waals surface area contributed by atoms with Gasteiger partial charge in [-0.15, -0.1) is 0 Å². The molecule has 2 aliphatic heterocycles. The van der Waals surface area contributed by atoms with E-state index in [-0.39, 0.29) is 34.5 Å². The maximum atomic E-state index is 14.8. The van der Waals surface area contributed by atoms with Crippen molar-refractivity contribution in [3.05, 3.63) is 47.3 Å². The third-order valence-corrected chi connectivity index (χ3v) is 8.58. The second-order valence-electron chi connectivity index (χ2n) is 10.1. The Hall–Kier alpha value is -2.56. The molecule has 37 heavy (non-hydrogen) atoms. The van der Waals surface area contributed by atoms with Gasteiger partial charge in [0.25, 0.3) is 0 Å². The van der Waals surface area contributed by atoms with Crippen LogP contribution in [0, 0.1) is 11.7 Å². The van der Waals surface area contributed by atoms with Gasteiger partial charge in [-0.05, 0) is 37.8 Å². The molecule has 2 saturated heterocycles. The standard InChI is InChI=1S/C27H34FN3O5S/c1-17(27(35)36)30-14-13-29(24(33)16-30)11-9-20-15-31(12-10-23(20)37-18(2)32)25(26(34)19-7-8-19)21-5-3-4-6-22(21)28/h3-6,9,17,19,23,25H,7-8,10-16H2,1-2H3,(H,35,36). The first-order chi connectivity index (χ1) is 17.7. The van der Waals surface area contributed by atoms with Gasteiger partial charge in [0.05, 0.1) is 12.6 Å². The number of ketones is 1. The molecule has 8 nitrogen and oxygen atoms in total. The van der Waals surface area contributed by atoms with E-state index >= 15 is 0 Å². The van der Waals surface area contributed by atoms with E-state index in [2.05, 4.69) is 0 Å². The predicted molar refractivity (Wildman–Crippen MR) is 138 cm³/mol. The number of carbonyl (C=O) groups excluding carboxylic acids is 3. The number of hydrogen-bond acceptors (Lipinski definition) is 7. The van der Waals surface area contributed by atoms with Crippen molar-refractivity contribution >= 4 is 34.5 Å². The van der Waals surface area contributed by atoms with Gasteiger partial charge in [0.2, 0.25) is 5.91 Å². The summed E-state index contributed by atoms with van der Waals surface area (Å²) in [5.41, 5.74) is 1.33. The molecule has 2 heterocycles. The highest BCUT2D eigenvalue weighted by atomic mass is 32.2. The molecule has 1 N–H and O–H groups in total. The molecule has 0 aromatic heterocycles. The Kier molecular flexibility index (Phi) is 8.82. The molecule has 3 atom stereocenters. The van der Waals surface area contributed by atoms with Gasteiger partial charge in [-0.25, -0.2) is 4.39 Å². The number of aliphatic carboxylic acids is 1. The minimum absolute atomic E-state index is 0.00332. The van der Waals surface area contributed by atoms with Crippen molar-refractivity contribution in [1.29, 1.82) is 0 Å². The number of rotatable bonds is 9. The van der Waals surface area contributed by atoms with Crippen LogP contribution in [0.25, 0.3) is 0 Å². The van der Waals surface area contributed by atoms with Gasteiger partial charge in [0.15, 0.2) is 10.9 Å². The molecule has 0 spiro atoms. The van der Waals surface area contributed by atoms with E-state index < -0.39 is 23.9 Å². The second-order valence-corrected chi connectivity index (χ2v) is 11.4. The van der Waals surface area contributed by atoms with E-state index in [1.165, 1.54) is 24.8 Å². The van der Waals surface area contributed by atoms with Crippen LogP contribution in [0.5, 0.6) is 0 Å². The first-order valence-electron chi connectivity index (χ1n) is 12.8. The predicted octanol–water partition coefficient (Wildman–Crippen LogP) is 2.74. The minimum Gasteiger partial charge on any atom is -0.480 e. The number of Topliss-reactive ketones (excluding diaryl/α,β-unsaturated/α-hetero) is 1. The van der Waals surface area contributed by atoms with Crippen molar-refractivity contribution in [3.63, 3.8) is 0 Å². The van der Waals surface area contributed by atoms with Gasteiger partial charge in [-0.2, -0.15) is 0 Å². The fourth-order valence-electron chi connectivity index (χ4n) is 5.09.